The Labute approximate surface area is 136 Å². The molecule has 3 rings (SSSR count). The maximum atomic E-state index is 12.1. The Morgan fingerprint density at radius 3 is 2.83 bits per heavy atom. The fraction of sp³-hybridized carbons (Fsp3) is 0.312. The molecule has 8 nitrogen and oxygen atoms in total. The molecule has 2 heterocycles. The summed E-state index contributed by atoms with van der Waals surface area (Å²) in [5.74, 6) is -1.81. The van der Waals surface area contributed by atoms with Crippen LogP contribution in [0, 0.1) is 0 Å². The molecular weight excluding hydrogens is 314 g/mol. The summed E-state index contributed by atoms with van der Waals surface area (Å²) in [6, 6.07) is 2.94. The normalized spacial score (nSPS) is 18.3. The molecule has 24 heavy (non-hydrogen) atoms. The van der Waals surface area contributed by atoms with E-state index in [4.69, 9.17) is 0 Å². The Bertz CT molecular complexity index is 813. The van der Waals surface area contributed by atoms with Crippen molar-refractivity contribution < 1.29 is 24.6 Å². The van der Waals surface area contributed by atoms with Crippen molar-refractivity contribution in [1.29, 1.82) is 0 Å². The van der Waals surface area contributed by atoms with Gasteiger partial charge < -0.3 is 25.8 Å². The van der Waals surface area contributed by atoms with Crippen LogP contribution in [0.5, 0.6) is 5.75 Å². The number of rotatable bonds is 5. The zero-order valence-corrected chi connectivity index (χ0v) is 12.7. The molecule has 126 valence electrons. The number of aliphatic carboxylic acids is 1. The van der Waals surface area contributed by atoms with Gasteiger partial charge in [0.25, 0.3) is 0 Å². The van der Waals surface area contributed by atoms with Crippen LogP contribution in [0.2, 0.25) is 0 Å². The summed E-state index contributed by atoms with van der Waals surface area (Å²) in [5, 5.41) is 24.6. The first-order valence-electron chi connectivity index (χ1n) is 7.55. The van der Waals surface area contributed by atoms with Gasteiger partial charge in [-0.05, 0) is 30.2 Å². The Morgan fingerprint density at radius 1 is 1.38 bits per heavy atom. The molecular formula is C16H17N3O5. The number of benzene rings is 1. The molecule has 1 aromatic heterocycles. The van der Waals surface area contributed by atoms with Gasteiger partial charge in [-0.3, -0.25) is 9.59 Å². The highest BCUT2D eigenvalue weighted by atomic mass is 16.4. The monoisotopic (exact) mass is 331 g/mol. The van der Waals surface area contributed by atoms with Gasteiger partial charge >= 0.3 is 5.97 Å². The van der Waals surface area contributed by atoms with Gasteiger partial charge in [0, 0.05) is 29.9 Å². The number of H-pyrrole nitrogens is 1. The number of carbonyl (C=O) groups excluding carboxylic acids is 2. The molecule has 5 N–H and O–H groups in total. The first-order valence-corrected chi connectivity index (χ1v) is 7.55. The van der Waals surface area contributed by atoms with E-state index in [1.165, 1.54) is 6.07 Å². The molecule has 2 atom stereocenters. The number of carbonyl (C=O) groups is 3. The lowest BCUT2D eigenvalue weighted by atomic mass is 10.0. The Kier molecular flexibility index (Phi) is 4.11. The quantitative estimate of drug-likeness (QED) is 0.536. The highest BCUT2D eigenvalue weighted by molar-refractivity contribution is 5.93. The van der Waals surface area contributed by atoms with E-state index in [0.29, 0.717) is 17.4 Å². The third kappa shape index (κ3) is 3.17. The molecule has 1 aliphatic rings. The van der Waals surface area contributed by atoms with Crippen LogP contribution in [0.1, 0.15) is 18.4 Å². The van der Waals surface area contributed by atoms with Crippen LogP contribution in [-0.2, 0) is 20.8 Å². The van der Waals surface area contributed by atoms with E-state index in [9.17, 15) is 24.6 Å². The van der Waals surface area contributed by atoms with Gasteiger partial charge in [0.05, 0.1) is 0 Å². The van der Waals surface area contributed by atoms with Crippen molar-refractivity contribution in [3.05, 3.63) is 30.0 Å². The van der Waals surface area contributed by atoms with Gasteiger partial charge in [-0.25, -0.2) is 4.79 Å². The zero-order valence-electron chi connectivity index (χ0n) is 12.7. The van der Waals surface area contributed by atoms with E-state index < -0.39 is 24.0 Å². The Morgan fingerprint density at radius 2 is 2.17 bits per heavy atom. The van der Waals surface area contributed by atoms with Gasteiger partial charge in [-0.15, -0.1) is 0 Å². The van der Waals surface area contributed by atoms with E-state index in [1.807, 2.05) is 0 Å². The maximum Gasteiger partial charge on any atom is 0.326 e. The van der Waals surface area contributed by atoms with Crippen molar-refractivity contribution >= 4 is 28.7 Å². The number of hydrogen-bond acceptors (Lipinski definition) is 4. The molecule has 1 aliphatic heterocycles. The van der Waals surface area contributed by atoms with Crippen molar-refractivity contribution in [2.75, 3.05) is 0 Å². The first kappa shape index (κ1) is 15.9. The van der Waals surface area contributed by atoms with Crippen molar-refractivity contribution in [3.63, 3.8) is 0 Å². The van der Waals surface area contributed by atoms with Gasteiger partial charge in [-0.1, -0.05) is 0 Å². The topological polar surface area (TPSA) is 132 Å². The number of carboxylic acid groups (broad SMARTS) is 1. The highest BCUT2D eigenvalue weighted by Crippen LogP contribution is 2.24. The third-order valence-electron chi connectivity index (χ3n) is 4.10. The van der Waals surface area contributed by atoms with Crippen molar-refractivity contribution in [1.82, 2.24) is 15.6 Å². The van der Waals surface area contributed by atoms with Crippen molar-refractivity contribution in [3.8, 4) is 5.75 Å². The largest absolute Gasteiger partial charge is 0.508 e. The number of amides is 2. The number of aromatic amines is 1. The van der Waals surface area contributed by atoms with E-state index >= 15 is 0 Å². The lowest BCUT2D eigenvalue weighted by molar-refractivity contribution is -0.142. The minimum Gasteiger partial charge on any atom is -0.508 e. The number of aromatic hydroxyl groups is 1. The Hall–Kier alpha value is -3.03. The molecule has 1 fully saturated rings. The van der Waals surface area contributed by atoms with Crippen LogP contribution in [0.3, 0.4) is 0 Å². The van der Waals surface area contributed by atoms with E-state index in [-0.39, 0.29) is 24.5 Å². The molecule has 0 unspecified atom stereocenters. The van der Waals surface area contributed by atoms with Crippen molar-refractivity contribution in [2.24, 2.45) is 0 Å². The molecule has 0 saturated carbocycles. The zero-order chi connectivity index (χ0) is 17.3. The SMILES string of the molecule is O=C1CC[C@@H](C(=O)N[C@@H](Cc2c[nH]c3ccc(O)cc23)C(=O)O)N1. The second-order valence-electron chi connectivity index (χ2n) is 5.81. The first-order chi connectivity index (χ1) is 11.4. The fourth-order valence-corrected chi connectivity index (χ4v) is 2.84. The average molecular weight is 331 g/mol. The second-order valence-corrected chi connectivity index (χ2v) is 5.81. The van der Waals surface area contributed by atoms with Gasteiger partial charge in [0.2, 0.25) is 11.8 Å². The summed E-state index contributed by atoms with van der Waals surface area (Å²) in [7, 11) is 0. The van der Waals surface area contributed by atoms with E-state index in [2.05, 4.69) is 15.6 Å². The van der Waals surface area contributed by atoms with Crippen LogP contribution in [0.4, 0.5) is 0 Å². The number of phenolic OH excluding ortho intramolecular Hbond substituents is 1. The summed E-state index contributed by atoms with van der Waals surface area (Å²) in [5.41, 5.74) is 1.44. The molecule has 0 radical (unpaired) electrons. The standard InChI is InChI=1S/C16H17N3O5/c20-9-1-2-11-10(6-9)8(7-17-11)5-13(16(23)24)19-15(22)12-3-4-14(21)18-12/h1-2,6-7,12-13,17,20H,3-5H2,(H,18,21)(H,19,22)(H,23,24)/t12-,13-/m0/s1. The molecule has 0 spiro atoms. The van der Waals surface area contributed by atoms with E-state index in [1.54, 1.807) is 18.3 Å². The summed E-state index contributed by atoms with van der Waals surface area (Å²) in [4.78, 5) is 37.8. The van der Waals surface area contributed by atoms with Crippen LogP contribution >= 0.6 is 0 Å². The number of carboxylic acids is 1. The van der Waals surface area contributed by atoms with Crippen LogP contribution < -0.4 is 10.6 Å². The number of nitrogens with one attached hydrogen (secondary N) is 3. The maximum absolute atomic E-state index is 12.1. The van der Waals surface area contributed by atoms with Crippen molar-refractivity contribution in [2.45, 2.75) is 31.3 Å². The molecule has 1 saturated heterocycles. The number of fused-ring (bicyclic) bond motifs is 1. The predicted octanol–water partition coefficient (Wildman–Crippen LogP) is 0.264. The molecule has 0 aliphatic carbocycles. The summed E-state index contributed by atoms with van der Waals surface area (Å²) >= 11 is 0. The summed E-state index contributed by atoms with van der Waals surface area (Å²) in [6.07, 6.45) is 2.34. The second kappa shape index (κ2) is 6.23. The predicted molar refractivity (Wildman–Crippen MR) is 84.4 cm³/mol. The number of hydrogen-bond donors (Lipinski definition) is 5. The average Bonchev–Trinajstić information content (AvgIpc) is 3.13. The molecule has 0 bridgehead atoms. The minimum atomic E-state index is -1.16. The number of aromatic nitrogens is 1. The lowest BCUT2D eigenvalue weighted by Gasteiger charge is -2.17. The van der Waals surface area contributed by atoms with Crippen LogP contribution in [0.25, 0.3) is 10.9 Å². The highest BCUT2D eigenvalue weighted by Gasteiger charge is 2.30. The van der Waals surface area contributed by atoms with Gasteiger partial charge in [-0.2, -0.15) is 0 Å². The summed E-state index contributed by atoms with van der Waals surface area (Å²) < 4.78 is 0. The third-order valence-corrected chi connectivity index (χ3v) is 4.10. The Balaban J connectivity index is 1.76. The lowest BCUT2D eigenvalue weighted by Crippen LogP contribution is -2.49. The van der Waals surface area contributed by atoms with Gasteiger partial charge in [0.15, 0.2) is 0 Å². The molecule has 2 aromatic rings. The minimum absolute atomic E-state index is 0.0607. The van der Waals surface area contributed by atoms with Crippen LogP contribution in [0.15, 0.2) is 24.4 Å². The molecule has 8 heteroatoms. The number of phenols is 1. The summed E-state index contributed by atoms with van der Waals surface area (Å²) in [6.45, 7) is 0. The van der Waals surface area contributed by atoms with Crippen LogP contribution in [-0.4, -0.2) is 45.1 Å². The van der Waals surface area contributed by atoms with Gasteiger partial charge in [0.1, 0.15) is 17.8 Å². The van der Waals surface area contributed by atoms with E-state index in [0.717, 1.165) is 5.52 Å². The smallest absolute Gasteiger partial charge is 0.326 e. The molecule has 1 aromatic carbocycles. The fourth-order valence-electron chi connectivity index (χ4n) is 2.84. The molecule has 2 amide bonds.